The first-order valence-corrected chi connectivity index (χ1v) is 12.5. The number of anilines is 2. The number of fused-ring (bicyclic) bond motifs is 2. The van der Waals surface area contributed by atoms with Crippen LogP contribution in [0.4, 0.5) is 29.1 Å². The third-order valence-corrected chi connectivity index (χ3v) is 8.13. The van der Waals surface area contributed by atoms with Gasteiger partial charge in [0, 0.05) is 29.4 Å². The zero-order valence-corrected chi connectivity index (χ0v) is 21.3. The fraction of sp³-hybridized carbons (Fsp3) is 0.333. The van der Waals surface area contributed by atoms with E-state index in [9.17, 15) is 13.2 Å². The molecule has 4 heterocycles. The van der Waals surface area contributed by atoms with Gasteiger partial charge in [0.15, 0.2) is 35.1 Å². The number of alkyl halides is 2. The minimum atomic E-state index is -2.70. The molecule has 15 heteroatoms. The van der Waals surface area contributed by atoms with Crippen molar-refractivity contribution in [3.05, 3.63) is 59.5 Å². The Labute approximate surface area is 222 Å². The van der Waals surface area contributed by atoms with Gasteiger partial charge in [0.1, 0.15) is 5.52 Å². The van der Waals surface area contributed by atoms with Crippen molar-refractivity contribution in [2.75, 3.05) is 5.32 Å². The Morgan fingerprint density at radius 2 is 2.08 bits per heavy atom. The molecule has 0 saturated heterocycles. The lowest BCUT2D eigenvalue weighted by Gasteiger charge is -2.34. The van der Waals surface area contributed by atoms with Crippen LogP contribution in [0.1, 0.15) is 30.6 Å². The average Bonchev–Trinajstić information content (AvgIpc) is 3.51. The van der Waals surface area contributed by atoms with Crippen LogP contribution in [0, 0.1) is 24.5 Å². The zero-order valence-electron chi connectivity index (χ0n) is 20.5. The first-order chi connectivity index (χ1) is 18.6. The molecule has 3 N–H and O–H groups in total. The largest absolute Gasteiger partial charge is 0.466 e. The van der Waals surface area contributed by atoms with Crippen molar-refractivity contribution in [3.63, 3.8) is 0 Å². The summed E-state index contributed by atoms with van der Waals surface area (Å²) in [6.45, 7) is 3.17. The summed E-state index contributed by atoms with van der Waals surface area (Å²) in [5.41, 5.74) is 5.05. The Bertz CT molecular complexity index is 1640. The van der Waals surface area contributed by atoms with Crippen molar-refractivity contribution < 1.29 is 26.8 Å². The number of benzene rings is 1. The predicted molar refractivity (Wildman–Crippen MR) is 134 cm³/mol. The summed E-state index contributed by atoms with van der Waals surface area (Å²) >= 11 is 0.789. The summed E-state index contributed by atoms with van der Waals surface area (Å²) in [4.78, 5) is 21.3. The molecule has 1 saturated carbocycles. The van der Waals surface area contributed by atoms with E-state index >= 15 is 4.39 Å². The molecule has 2 aliphatic rings. The third-order valence-electron chi connectivity index (χ3n) is 6.82. The van der Waals surface area contributed by atoms with E-state index in [2.05, 4.69) is 35.4 Å². The maximum absolute atomic E-state index is 15.1. The second-order valence-electron chi connectivity index (χ2n) is 9.42. The van der Waals surface area contributed by atoms with Gasteiger partial charge >= 0.3 is 0 Å². The molecule has 202 valence electrons. The van der Waals surface area contributed by atoms with Crippen LogP contribution in [0.5, 0.6) is 5.88 Å². The van der Waals surface area contributed by atoms with E-state index in [0.29, 0.717) is 16.9 Å². The van der Waals surface area contributed by atoms with E-state index in [1.165, 1.54) is 25.4 Å². The van der Waals surface area contributed by atoms with Crippen molar-refractivity contribution >= 4 is 39.5 Å². The molecular formula is C24H20F4N8O2S. The van der Waals surface area contributed by atoms with Gasteiger partial charge in [0.05, 0.1) is 22.0 Å². The van der Waals surface area contributed by atoms with Crippen LogP contribution < -0.4 is 15.8 Å². The van der Waals surface area contributed by atoms with Crippen molar-refractivity contribution in [1.82, 2.24) is 25.1 Å². The van der Waals surface area contributed by atoms with Gasteiger partial charge in [-0.1, -0.05) is 16.9 Å². The number of nitrogens with two attached hydrogens (primary N) is 1. The molecule has 1 aliphatic carbocycles. The highest BCUT2D eigenvalue weighted by Crippen LogP contribution is 2.68. The Morgan fingerprint density at radius 3 is 2.82 bits per heavy atom. The fourth-order valence-electron chi connectivity index (χ4n) is 4.90. The van der Waals surface area contributed by atoms with Crippen molar-refractivity contribution in [2.45, 2.75) is 43.6 Å². The number of thioether (sulfide) groups is 1. The van der Waals surface area contributed by atoms with Crippen LogP contribution in [-0.4, -0.2) is 41.4 Å². The number of amidine groups is 1. The Hall–Kier alpha value is -4.01. The number of hydrogen-bond acceptors (Lipinski definition) is 11. The zero-order chi connectivity index (χ0) is 27.5. The van der Waals surface area contributed by atoms with Crippen LogP contribution in [0.2, 0.25) is 0 Å². The summed E-state index contributed by atoms with van der Waals surface area (Å²) in [5.74, 6) is -1.93. The first kappa shape index (κ1) is 25.3. The van der Waals surface area contributed by atoms with Crippen molar-refractivity contribution in [1.29, 1.82) is 0 Å². The number of ether oxygens (including phenoxy) is 1. The topological polar surface area (TPSA) is 137 Å². The maximum Gasteiger partial charge on any atom is 0.264 e. The van der Waals surface area contributed by atoms with E-state index in [1.54, 1.807) is 13.0 Å². The van der Waals surface area contributed by atoms with Crippen molar-refractivity contribution in [2.24, 2.45) is 16.6 Å². The van der Waals surface area contributed by atoms with Gasteiger partial charge in [-0.05, 0) is 32.4 Å². The van der Waals surface area contributed by atoms with Gasteiger partial charge in [-0.25, -0.2) is 32.5 Å². The first-order valence-electron chi connectivity index (χ1n) is 11.7. The normalized spacial score (nSPS) is 24.0. The highest BCUT2D eigenvalue weighted by atomic mass is 32.2. The molecule has 1 fully saturated rings. The predicted octanol–water partition coefficient (Wildman–Crippen LogP) is 4.62. The Morgan fingerprint density at radius 1 is 1.26 bits per heavy atom. The molecule has 4 aromatic rings. The standard InChI is InChI=1S/C24H20F4N8O2S/c1-10-32-17(38-36-10)9-37-16-8-31-19-14(34-16)3-4-30-20(19)33-11-5-12(18(26)13(25)6-11)23(2)15-7-24(15,21(27)28)39-22(29)35-23/h3-6,8,15,21H,7,9H2,1-2H3,(H2,29,35)(H,30,33)/t15-,23+,24-/m0/s1. The van der Waals surface area contributed by atoms with Crippen LogP contribution in [0.15, 0.2) is 40.1 Å². The van der Waals surface area contributed by atoms with Gasteiger partial charge in [-0.2, -0.15) is 4.98 Å². The lowest BCUT2D eigenvalue weighted by Crippen LogP contribution is -2.39. The number of aromatic nitrogens is 5. The smallest absolute Gasteiger partial charge is 0.264 e. The van der Waals surface area contributed by atoms with Crippen LogP contribution in [0.3, 0.4) is 0 Å². The van der Waals surface area contributed by atoms with Crippen LogP contribution >= 0.6 is 11.8 Å². The molecule has 0 unspecified atom stereocenters. The second kappa shape index (κ2) is 9.03. The number of aryl methyl sites for hydroxylation is 1. The number of hydrogen-bond donors (Lipinski definition) is 2. The quantitative estimate of drug-likeness (QED) is 0.308. The molecule has 0 radical (unpaired) electrons. The summed E-state index contributed by atoms with van der Waals surface area (Å²) in [6.07, 6.45) is 0.200. The molecule has 3 atom stereocenters. The molecule has 0 bridgehead atoms. The fourth-order valence-corrected chi connectivity index (χ4v) is 6.23. The summed E-state index contributed by atoms with van der Waals surface area (Å²) in [5, 5.41) is 6.53. The van der Waals surface area contributed by atoms with Gasteiger partial charge < -0.3 is 20.3 Å². The summed E-state index contributed by atoms with van der Waals surface area (Å²) in [7, 11) is 0. The molecule has 1 aromatic carbocycles. The van der Waals surface area contributed by atoms with Gasteiger partial charge in [-0.3, -0.25) is 4.99 Å². The molecule has 0 amide bonds. The van der Waals surface area contributed by atoms with Gasteiger partial charge in [-0.15, -0.1) is 0 Å². The van der Waals surface area contributed by atoms with Crippen LogP contribution in [-0.2, 0) is 12.1 Å². The Kier molecular flexibility index (Phi) is 5.86. The molecule has 0 spiro atoms. The minimum Gasteiger partial charge on any atom is -0.466 e. The van der Waals surface area contributed by atoms with Gasteiger partial charge in [0.25, 0.3) is 12.3 Å². The van der Waals surface area contributed by atoms with E-state index in [1.807, 2.05) is 0 Å². The number of pyridine rings is 1. The van der Waals surface area contributed by atoms with Gasteiger partial charge in [0.2, 0.25) is 5.88 Å². The lowest BCUT2D eigenvalue weighted by atomic mass is 9.85. The third kappa shape index (κ3) is 4.30. The van der Waals surface area contributed by atoms with E-state index in [4.69, 9.17) is 15.0 Å². The number of nitrogens with one attached hydrogen (secondary N) is 1. The van der Waals surface area contributed by atoms with E-state index < -0.39 is 34.3 Å². The lowest BCUT2D eigenvalue weighted by molar-refractivity contribution is 0.123. The monoisotopic (exact) mass is 560 g/mol. The second-order valence-corrected chi connectivity index (χ2v) is 10.8. The van der Waals surface area contributed by atoms with Crippen molar-refractivity contribution in [3.8, 4) is 5.88 Å². The number of aliphatic imine (C=N–C) groups is 1. The molecule has 3 aromatic heterocycles. The van der Waals surface area contributed by atoms with E-state index in [-0.39, 0.29) is 47.0 Å². The average molecular weight is 561 g/mol. The SMILES string of the molecule is Cc1noc(COc2cnc3c(Nc4cc(F)c(F)c([C@@]5(C)N=C(N)S[C@@]6(C(F)F)C[C@@H]56)c4)nccc3n2)n1. The molecule has 6 rings (SSSR count). The summed E-state index contributed by atoms with van der Waals surface area (Å²) in [6, 6.07) is 3.87. The molecule has 39 heavy (non-hydrogen) atoms. The molecule has 1 aliphatic heterocycles. The number of halogens is 4. The molecular weight excluding hydrogens is 540 g/mol. The van der Waals surface area contributed by atoms with Crippen LogP contribution in [0.25, 0.3) is 11.0 Å². The highest BCUT2D eigenvalue weighted by Gasteiger charge is 2.71. The summed E-state index contributed by atoms with van der Waals surface area (Å²) < 4.78 is 66.8. The maximum atomic E-state index is 15.1. The molecule has 10 nitrogen and oxygen atoms in total. The minimum absolute atomic E-state index is 0.00698. The highest BCUT2D eigenvalue weighted by molar-refractivity contribution is 8.15. The Balaban J connectivity index is 1.30. The number of nitrogens with zero attached hydrogens (tertiary/aromatic N) is 6. The number of rotatable bonds is 7. The van der Waals surface area contributed by atoms with E-state index in [0.717, 1.165) is 17.8 Å².